The highest BCUT2D eigenvalue weighted by molar-refractivity contribution is 5.93. The molecule has 0 bridgehead atoms. The number of hydrogen-bond donors (Lipinski definition) is 0. The van der Waals surface area contributed by atoms with Gasteiger partial charge in [-0.25, -0.2) is 14.8 Å². The van der Waals surface area contributed by atoms with E-state index in [1.807, 2.05) is 6.07 Å². The van der Waals surface area contributed by atoms with Crippen molar-refractivity contribution in [3.8, 4) is 0 Å². The SMILES string of the molecule is CCc1nc2ccc(C(=O)OC)cc2nc1CC. The summed E-state index contributed by atoms with van der Waals surface area (Å²) in [5.74, 6) is -0.351. The highest BCUT2D eigenvalue weighted by Gasteiger charge is 2.10. The van der Waals surface area contributed by atoms with E-state index in [1.54, 1.807) is 12.1 Å². The van der Waals surface area contributed by atoms with E-state index in [4.69, 9.17) is 4.74 Å². The second kappa shape index (κ2) is 5.12. The van der Waals surface area contributed by atoms with Gasteiger partial charge in [-0.1, -0.05) is 13.8 Å². The molecule has 0 N–H and O–H groups in total. The van der Waals surface area contributed by atoms with Crippen LogP contribution in [0, 0.1) is 0 Å². The Labute approximate surface area is 106 Å². The fraction of sp³-hybridized carbons (Fsp3) is 0.357. The molecule has 18 heavy (non-hydrogen) atoms. The molecular formula is C14H16N2O2. The molecule has 1 aromatic heterocycles. The van der Waals surface area contributed by atoms with E-state index in [0.717, 1.165) is 35.3 Å². The lowest BCUT2D eigenvalue weighted by molar-refractivity contribution is 0.0601. The fourth-order valence-corrected chi connectivity index (χ4v) is 1.94. The number of rotatable bonds is 3. The summed E-state index contributed by atoms with van der Waals surface area (Å²) >= 11 is 0. The summed E-state index contributed by atoms with van der Waals surface area (Å²) in [4.78, 5) is 20.6. The Morgan fingerprint density at radius 1 is 1.11 bits per heavy atom. The maximum Gasteiger partial charge on any atom is 0.337 e. The van der Waals surface area contributed by atoms with Gasteiger partial charge in [-0.2, -0.15) is 0 Å². The number of benzene rings is 1. The summed E-state index contributed by atoms with van der Waals surface area (Å²) in [6.07, 6.45) is 1.71. The molecule has 2 aromatic rings. The van der Waals surface area contributed by atoms with Crippen LogP contribution >= 0.6 is 0 Å². The Hall–Kier alpha value is -1.97. The summed E-state index contributed by atoms with van der Waals surface area (Å²) in [7, 11) is 1.37. The van der Waals surface area contributed by atoms with E-state index in [2.05, 4.69) is 23.8 Å². The van der Waals surface area contributed by atoms with E-state index < -0.39 is 0 Å². The Morgan fingerprint density at radius 3 is 2.28 bits per heavy atom. The molecule has 0 aliphatic rings. The van der Waals surface area contributed by atoms with Crippen molar-refractivity contribution in [2.75, 3.05) is 7.11 Å². The topological polar surface area (TPSA) is 52.1 Å². The summed E-state index contributed by atoms with van der Waals surface area (Å²) in [5.41, 5.74) is 4.08. The van der Waals surface area contributed by atoms with Crippen LogP contribution in [-0.2, 0) is 17.6 Å². The molecule has 4 nitrogen and oxygen atoms in total. The Kier molecular flexibility index (Phi) is 3.55. The summed E-state index contributed by atoms with van der Waals surface area (Å²) in [6.45, 7) is 4.12. The Balaban J connectivity index is 2.59. The van der Waals surface area contributed by atoms with Crippen molar-refractivity contribution in [1.82, 2.24) is 9.97 Å². The quantitative estimate of drug-likeness (QED) is 0.778. The van der Waals surface area contributed by atoms with Gasteiger partial charge in [0.25, 0.3) is 0 Å². The van der Waals surface area contributed by atoms with Crippen LogP contribution in [0.2, 0.25) is 0 Å². The average Bonchev–Trinajstić information content (AvgIpc) is 2.44. The predicted molar refractivity (Wildman–Crippen MR) is 69.6 cm³/mol. The number of aryl methyl sites for hydroxylation is 2. The Bertz CT molecular complexity index is 594. The standard InChI is InChI=1S/C14H16N2O2/c1-4-10-11(5-2)16-13-8-9(14(17)18-3)6-7-12(13)15-10/h6-8H,4-5H2,1-3H3. The van der Waals surface area contributed by atoms with E-state index in [1.165, 1.54) is 7.11 Å². The number of fused-ring (bicyclic) bond motifs is 1. The van der Waals surface area contributed by atoms with Gasteiger partial charge in [0, 0.05) is 0 Å². The average molecular weight is 244 g/mol. The minimum Gasteiger partial charge on any atom is -0.465 e. The van der Waals surface area contributed by atoms with E-state index in [0.29, 0.717) is 5.56 Å². The number of carbonyl (C=O) groups excluding carboxylic acids is 1. The van der Waals surface area contributed by atoms with Crippen LogP contribution < -0.4 is 0 Å². The van der Waals surface area contributed by atoms with Crippen LogP contribution in [0.4, 0.5) is 0 Å². The predicted octanol–water partition coefficient (Wildman–Crippen LogP) is 2.54. The number of carbonyl (C=O) groups is 1. The first-order chi connectivity index (χ1) is 8.69. The summed E-state index contributed by atoms with van der Waals surface area (Å²) < 4.78 is 4.70. The molecule has 0 saturated heterocycles. The fourth-order valence-electron chi connectivity index (χ4n) is 1.94. The van der Waals surface area contributed by atoms with E-state index >= 15 is 0 Å². The van der Waals surface area contributed by atoms with Crippen LogP contribution in [0.15, 0.2) is 18.2 Å². The van der Waals surface area contributed by atoms with Gasteiger partial charge < -0.3 is 4.74 Å². The van der Waals surface area contributed by atoms with Crippen molar-refractivity contribution >= 4 is 17.0 Å². The molecule has 1 heterocycles. The molecule has 0 spiro atoms. The van der Waals surface area contributed by atoms with Crippen LogP contribution in [-0.4, -0.2) is 23.0 Å². The first kappa shape index (κ1) is 12.5. The molecule has 0 unspecified atom stereocenters. The van der Waals surface area contributed by atoms with Crippen molar-refractivity contribution in [3.05, 3.63) is 35.2 Å². The lowest BCUT2D eigenvalue weighted by Gasteiger charge is -2.07. The first-order valence-corrected chi connectivity index (χ1v) is 6.07. The largest absolute Gasteiger partial charge is 0.465 e. The number of hydrogen-bond acceptors (Lipinski definition) is 4. The molecule has 0 saturated carbocycles. The lowest BCUT2D eigenvalue weighted by Crippen LogP contribution is -2.04. The number of esters is 1. The minimum absolute atomic E-state index is 0.351. The van der Waals surface area contributed by atoms with Crippen molar-refractivity contribution in [2.45, 2.75) is 26.7 Å². The number of methoxy groups -OCH3 is 1. The third-order valence-corrected chi connectivity index (χ3v) is 2.91. The highest BCUT2D eigenvalue weighted by Crippen LogP contribution is 2.16. The van der Waals surface area contributed by atoms with Gasteiger partial charge in [0.1, 0.15) is 0 Å². The molecule has 1 aromatic carbocycles. The molecule has 0 atom stereocenters. The van der Waals surface area contributed by atoms with Crippen molar-refractivity contribution in [2.24, 2.45) is 0 Å². The zero-order valence-corrected chi connectivity index (χ0v) is 10.9. The highest BCUT2D eigenvalue weighted by atomic mass is 16.5. The van der Waals surface area contributed by atoms with Gasteiger partial charge >= 0.3 is 5.97 Å². The molecule has 0 radical (unpaired) electrons. The van der Waals surface area contributed by atoms with Gasteiger partial charge in [0.2, 0.25) is 0 Å². The zero-order chi connectivity index (χ0) is 13.1. The van der Waals surface area contributed by atoms with Crippen molar-refractivity contribution in [1.29, 1.82) is 0 Å². The first-order valence-electron chi connectivity index (χ1n) is 6.07. The number of nitrogens with zero attached hydrogens (tertiary/aromatic N) is 2. The number of ether oxygens (including phenoxy) is 1. The molecule has 4 heteroatoms. The third kappa shape index (κ3) is 2.18. The molecule has 0 aliphatic heterocycles. The molecule has 2 rings (SSSR count). The molecule has 0 aliphatic carbocycles. The van der Waals surface area contributed by atoms with Crippen LogP contribution in [0.25, 0.3) is 11.0 Å². The second-order valence-corrected chi connectivity index (χ2v) is 4.02. The molecule has 0 amide bonds. The second-order valence-electron chi connectivity index (χ2n) is 4.02. The van der Waals surface area contributed by atoms with Crippen LogP contribution in [0.5, 0.6) is 0 Å². The number of aromatic nitrogens is 2. The van der Waals surface area contributed by atoms with Gasteiger partial charge in [0.05, 0.1) is 35.1 Å². The molecule has 0 fully saturated rings. The van der Waals surface area contributed by atoms with E-state index in [-0.39, 0.29) is 5.97 Å². The van der Waals surface area contributed by atoms with Gasteiger partial charge in [-0.3, -0.25) is 0 Å². The van der Waals surface area contributed by atoms with E-state index in [9.17, 15) is 4.79 Å². The lowest BCUT2D eigenvalue weighted by atomic mass is 10.1. The summed E-state index contributed by atoms with van der Waals surface area (Å²) in [5, 5.41) is 0. The van der Waals surface area contributed by atoms with Crippen molar-refractivity contribution in [3.63, 3.8) is 0 Å². The molecule has 94 valence electrons. The third-order valence-electron chi connectivity index (χ3n) is 2.91. The smallest absolute Gasteiger partial charge is 0.337 e. The van der Waals surface area contributed by atoms with Gasteiger partial charge in [-0.05, 0) is 31.0 Å². The summed E-state index contributed by atoms with van der Waals surface area (Å²) in [6, 6.07) is 5.26. The Morgan fingerprint density at radius 2 is 1.72 bits per heavy atom. The normalized spacial score (nSPS) is 10.6. The van der Waals surface area contributed by atoms with Crippen molar-refractivity contribution < 1.29 is 9.53 Å². The van der Waals surface area contributed by atoms with Gasteiger partial charge in [0.15, 0.2) is 0 Å². The monoisotopic (exact) mass is 244 g/mol. The minimum atomic E-state index is -0.351. The molecular weight excluding hydrogens is 228 g/mol. The maximum absolute atomic E-state index is 11.5. The van der Waals surface area contributed by atoms with Crippen LogP contribution in [0.3, 0.4) is 0 Å². The maximum atomic E-state index is 11.5. The zero-order valence-electron chi connectivity index (χ0n) is 10.9. The van der Waals surface area contributed by atoms with Crippen LogP contribution in [0.1, 0.15) is 35.6 Å². The van der Waals surface area contributed by atoms with Gasteiger partial charge in [-0.15, -0.1) is 0 Å².